The van der Waals surface area contributed by atoms with Gasteiger partial charge in [-0.15, -0.1) is 12.6 Å². The highest BCUT2D eigenvalue weighted by Gasteiger charge is 2.25. The molecule has 1 aromatic rings. The summed E-state index contributed by atoms with van der Waals surface area (Å²) in [6.07, 6.45) is 6.29. The monoisotopic (exact) mass is 348 g/mol. The lowest BCUT2D eigenvalue weighted by Gasteiger charge is -2.14. The predicted molar refractivity (Wildman–Crippen MR) is 95.5 cm³/mol. The highest BCUT2D eigenvalue weighted by molar-refractivity contribution is 7.84. The first-order valence-corrected chi connectivity index (χ1v) is 8.04. The molecule has 1 atom stereocenters. The SMILES string of the molecule is CCC(C=O)Nc1cnc(C(N)=O)c(N/C(S)=C/C(=N)C2CC2)n1. The van der Waals surface area contributed by atoms with E-state index in [1.807, 2.05) is 6.92 Å². The van der Waals surface area contributed by atoms with Crippen LogP contribution in [0.1, 0.15) is 36.7 Å². The largest absolute Gasteiger partial charge is 0.364 e. The molecule has 2 rings (SSSR count). The van der Waals surface area contributed by atoms with Crippen LogP contribution in [0, 0.1) is 11.3 Å². The lowest BCUT2D eigenvalue weighted by atomic mass is 10.2. The number of carbonyl (C=O) groups is 2. The van der Waals surface area contributed by atoms with Crippen molar-refractivity contribution in [3.8, 4) is 0 Å². The lowest BCUT2D eigenvalue weighted by Crippen LogP contribution is -2.22. The zero-order chi connectivity index (χ0) is 17.7. The van der Waals surface area contributed by atoms with Crippen LogP contribution in [0.15, 0.2) is 17.3 Å². The van der Waals surface area contributed by atoms with Gasteiger partial charge in [-0.3, -0.25) is 4.79 Å². The summed E-state index contributed by atoms with van der Waals surface area (Å²) in [5, 5.41) is 14.0. The summed E-state index contributed by atoms with van der Waals surface area (Å²) in [4.78, 5) is 30.6. The Morgan fingerprint density at radius 1 is 1.58 bits per heavy atom. The molecule has 0 aromatic carbocycles. The second kappa shape index (κ2) is 7.91. The summed E-state index contributed by atoms with van der Waals surface area (Å²) in [6.45, 7) is 1.86. The van der Waals surface area contributed by atoms with Crippen LogP contribution in [0.5, 0.6) is 0 Å². The molecule has 1 unspecified atom stereocenters. The van der Waals surface area contributed by atoms with Gasteiger partial charge in [0.05, 0.1) is 17.3 Å². The minimum Gasteiger partial charge on any atom is -0.364 e. The van der Waals surface area contributed by atoms with E-state index in [0.717, 1.165) is 19.1 Å². The number of hydrogen-bond acceptors (Lipinski definition) is 8. The maximum absolute atomic E-state index is 11.5. The number of nitrogens with one attached hydrogen (secondary N) is 3. The second-order valence-corrected chi connectivity index (χ2v) is 5.98. The van der Waals surface area contributed by atoms with E-state index in [2.05, 4.69) is 33.2 Å². The molecule has 128 valence electrons. The Bertz CT molecular complexity index is 687. The molecule has 8 nitrogen and oxygen atoms in total. The first kappa shape index (κ1) is 17.9. The van der Waals surface area contributed by atoms with Gasteiger partial charge in [0.15, 0.2) is 11.5 Å². The average molecular weight is 348 g/mol. The van der Waals surface area contributed by atoms with Crippen molar-refractivity contribution in [2.75, 3.05) is 10.6 Å². The number of nitrogens with two attached hydrogens (primary N) is 1. The number of aldehydes is 1. The van der Waals surface area contributed by atoms with E-state index in [0.29, 0.717) is 23.0 Å². The third-order valence-corrected chi connectivity index (χ3v) is 3.74. The molecular weight excluding hydrogens is 328 g/mol. The number of hydrogen-bond donors (Lipinski definition) is 5. The number of nitrogens with zero attached hydrogens (tertiary/aromatic N) is 2. The fourth-order valence-corrected chi connectivity index (χ4v) is 2.21. The number of aromatic nitrogens is 2. The maximum atomic E-state index is 11.5. The second-order valence-electron chi connectivity index (χ2n) is 5.50. The molecule has 0 saturated heterocycles. The van der Waals surface area contributed by atoms with Gasteiger partial charge in [-0.05, 0) is 25.3 Å². The van der Waals surface area contributed by atoms with E-state index in [1.54, 1.807) is 6.08 Å². The fourth-order valence-electron chi connectivity index (χ4n) is 1.97. The molecule has 1 heterocycles. The quantitative estimate of drug-likeness (QED) is 0.261. The Balaban J connectivity index is 2.22. The van der Waals surface area contributed by atoms with Gasteiger partial charge in [0, 0.05) is 11.6 Å². The van der Waals surface area contributed by atoms with E-state index in [1.165, 1.54) is 6.20 Å². The zero-order valence-electron chi connectivity index (χ0n) is 13.2. The Kier molecular flexibility index (Phi) is 5.91. The van der Waals surface area contributed by atoms with Gasteiger partial charge in [-0.1, -0.05) is 6.92 Å². The molecule has 1 amide bonds. The summed E-state index contributed by atoms with van der Waals surface area (Å²) in [7, 11) is 0. The number of primary amides is 1. The van der Waals surface area contributed by atoms with Gasteiger partial charge in [-0.2, -0.15) is 0 Å². The number of amides is 1. The van der Waals surface area contributed by atoms with Crippen molar-refractivity contribution in [3.05, 3.63) is 23.0 Å². The molecule has 0 spiro atoms. The summed E-state index contributed by atoms with van der Waals surface area (Å²) < 4.78 is 0. The van der Waals surface area contributed by atoms with Crippen molar-refractivity contribution >= 4 is 42.2 Å². The zero-order valence-corrected chi connectivity index (χ0v) is 14.1. The van der Waals surface area contributed by atoms with Crippen LogP contribution in [-0.4, -0.2) is 33.9 Å². The van der Waals surface area contributed by atoms with Crippen LogP contribution in [0.3, 0.4) is 0 Å². The van der Waals surface area contributed by atoms with Crippen molar-refractivity contribution in [2.24, 2.45) is 11.7 Å². The number of carbonyl (C=O) groups excluding carboxylic acids is 2. The standard InChI is InChI=1S/C15H20N6O2S/c1-2-9(7-22)19-11-6-18-13(14(17)23)15(20-11)21-12(24)5-10(16)8-3-4-8/h5-9,16,24H,2-4H2,1H3,(H2,17,23)(H2,19,20,21)/b12-5-,16-10?. The Labute approximate surface area is 145 Å². The third kappa shape index (κ3) is 4.79. The first-order chi connectivity index (χ1) is 11.4. The van der Waals surface area contributed by atoms with E-state index in [4.69, 9.17) is 11.1 Å². The molecule has 1 fully saturated rings. The van der Waals surface area contributed by atoms with E-state index in [-0.39, 0.29) is 17.4 Å². The predicted octanol–water partition coefficient (Wildman–Crippen LogP) is 1.58. The Morgan fingerprint density at radius 3 is 2.83 bits per heavy atom. The van der Waals surface area contributed by atoms with Crippen molar-refractivity contribution in [1.82, 2.24) is 9.97 Å². The van der Waals surface area contributed by atoms with Crippen LogP contribution >= 0.6 is 12.6 Å². The molecule has 24 heavy (non-hydrogen) atoms. The fraction of sp³-hybridized carbons (Fsp3) is 0.400. The number of allylic oxidation sites excluding steroid dienone is 1. The van der Waals surface area contributed by atoms with Gasteiger partial charge >= 0.3 is 0 Å². The maximum Gasteiger partial charge on any atom is 0.271 e. The van der Waals surface area contributed by atoms with Crippen LogP contribution in [-0.2, 0) is 4.79 Å². The average Bonchev–Trinajstić information content (AvgIpc) is 3.37. The van der Waals surface area contributed by atoms with Crippen LogP contribution in [0.4, 0.5) is 11.6 Å². The highest BCUT2D eigenvalue weighted by Crippen LogP contribution is 2.31. The number of thiol groups is 1. The smallest absolute Gasteiger partial charge is 0.271 e. The summed E-state index contributed by atoms with van der Waals surface area (Å²) in [6, 6.07) is -0.402. The normalized spacial score (nSPS) is 15.5. The number of anilines is 2. The summed E-state index contributed by atoms with van der Waals surface area (Å²) >= 11 is 4.27. The number of rotatable bonds is 9. The van der Waals surface area contributed by atoms with Crippen LogP contribution in [0.2, 0.25) is 0 Å². The van der Waals surface area contributed by atoms with E-state index in [9.17, 15) is 9.59 Å². The molecule has 9 heteroatoms. The molecule has 0 bridgehead atoms. The van der Waals surface area contributed by atoms with Crippen LogP contribution in [0.25, 0.3) is 0 Å². The molecule has 0 radical (unpaired) electrons. The Morgan fingerprint density at radius 2 is 2.29 bits per heavy atom. The van der Waals surface area contributed by atoms with Crippen molar-refractivity contribution in [3.63, 3.8) is 0 Å². The minimum absolute atomic E-state index is 0.0439. The molecule has 1 aliphatic rings. The van der Waals surface area contributed by atoms with Crippen molar-refractivity contribution in [1.29, 1.82) is 5.41 Å². The molecular formula is C15H20N6O2S. The van der Waals surface area contributed by atoms with Gasteiger partial charge in [0.25, 0.3) is 5.91 Å². The molecule has 1 aromatic heterocycles. The topological polar surface area (TPSA) is 134 Å². The first-order valence-electron chi connectivity index (χ1n) is 7.59. The van der Waals surface area contributed by atoms with Gasteiger partial charge < -0.3 is 26.6 Å². The summed E-state index contributed by atoms with van der Waals surface area (Å²) in [5.74, 6) is -0.00289. The van der Waals surface area contributed by atoms with E-state index >= 15 is 0 Å². The van der Waals surface area contributed by atoms with Gasteiger partial charge in [0.1, 0.15) is 12.1 Å². The van der Waals surface area contributed by atoms with E-state index < -0.39 is 11.9 Å². The van der Waals surface area contributed by atoms with Crippen molar-refractivity contribution in [2.45, 2.75) is 32.2 Å². The minimum atomic E-state index is -0.739. The summed E-state index contributed by atoms with van der Waals surface area (Å²) in [5.41, 5.74) is 5.74. The van der Waals surface area contributed by atoms with Crippen molar-refractivity contribution < 1.29 is 9.59 Å². The third-order valence-electron chi connectivity index (χ3n) is 3.50. The highest BCUT2D eigenvalue weighted by atomic mass is 32.1. The molecule has 0 aliphatic heterocycles. The van der Waals surface area contributed by atoms with Gasteiger partial charge in [0.2, 0.25) is 0 Å². The Hall–Kier alpha value is -2.42. The van der Waals surface area contributed by atoms with Gasteiger partial charge in [-0.25, -0.2) is 9.97 Å². The molecule has 1 saturated carbocycles. The molecule has 5 N–H and O–H groups in total. The van der Waals surface area contributed by atoms with Crippen LogP contribution < -0.4 is 16.4 Å². The molecule has 1 aliphatic carbocycles. The lowest BCUT2D eigenvalue weighted by molar-refractivity contribution is -0.108.